The topological polar surface area (TPSA) is 9.23 Å². The highest BCUT2D eigenvalue weighted by Gasteiger charge is 2.29. The Bertz CT molecular complexity index is 154. The van der Waals surface area contributed by atoms with Crippen LogP contribution in [0.5, 0.6) is 0 Å². The van der Waals surface area contributed by atoms with Crippen LogP contribution in [-0.2, 0) is 4.74 Å². The van der Waals surface area contributed by atoms with Crippen LogP contribution in [-0.4, -0.2) is 24.5 Å². The average Bonchev–Trinajstić information content (AvgIpc) is 2.15. The molecule has 3 heteroatoms. The zero-order chi connectivity index (χ0) is 11.9. The maximum atomic E-state index is 6.04. The van der Waals surface area contributed by atoms with Gasteiger partial charge in [-0.1, -0.05) is 13.8 Å². The molecule has 0 atom stereocenters. The Morgan fingerprint density at radius 1 is 1.07 bits per heavy atom. The molecule has 0 saturated carbocycles. The molecule has 0 rings (SSSR count). The van der Waals surface area contributed by atoms with Gasteiger partial charge in [0.2, 0.25) is 0 Å². The van der Waals surface area contributed by atoms with E-state index >= 15 is 0 Å². The van der Waals surface area contributed by atoms with Gasteiger partial charge in [-0.2, -0.15) is 0 Å². The maximum absolute atomic E-state index is 6.04. The second-order valence-corrected chi connectivity index (χ2v) is 5.57. The van der Waals surface area contributed by atoms with Gasteiger partial charge in [-0.3, -0.25) is 0 Å². The molecule has 0 radical (unpaired) electrons. The van der Waals surface area contributed by atoms with Crippen molar-refractivity contribution >= 4 is 23.2 Å². The molecule has 92 valence electrons. The number of hydrogen-bond donors (Lipinski definition) is 0. The first-order valence-corrected chi connectivity index (χ1v) is 6.76. The van der Waals surface area contributed by atoms with Gasteiger partial charge in [0, 0.05) is 18.4 Å². The van der Waals surface area contributed by atoms with E-state index in [-0.39, 0.29) is 11.5 Å². The lowest BCUT2D eigenvalue weighted by Crippen LogP contribution is -2.29. The Labute approximate surface area is 104 Å². The monoisotopic (exact) mass is 254 g/mol. The Hall–Kier alpha value is 0.540. The number of hydrogen-bond acceptors (Lipinski definition) is 1. The predicted molar refractivity (Wildman–Crippen MR) is 69.0 cm³/mol. The summed E-state index contributed by atoms with van der Waals surface area (Å²) in [5.74, 6) is 1.87. The van der Waals surface area contributed by atoms with Crippen molar-refractivity contribution in [2.24, 2.45) is 11.3 Å². The summed E-state index contributed by atoms with van der Waals surface area (Å²) in [5, 5.41) is 0. The van der Waals surface area contributed by atoms with Crippen LogP contribution in [0.15, 0.2) is 0 Å². The number of alkyl halides is 2. The van der Waals surface area contributed by atoms with Crippen LogP contribution in [0.1, 0.15) is 40.5 Å². The van der Waals surface area contributed by atoms with Gasteiger partial charge in [-0.05, 0) is 38.0 Å². The van der Waals surface area contributed by atoms with Gasteiger partial charge in [0.15, 0.2) is 0 Å². The molecule has 0 aliphatic carbocycles. The summed E-state index contributed by atoms with van der Waals surface area (Å²) < 4.78 is 5.57. The maximum Gasteiger partial charge on any atom is 0.0518 e. The molecule has 0 aromatic carbocycles. The molecular weight excluding hydrogens is 231 g/mol. The molecule has 0 aromatic rings. The fourth-order valence-electron chi connectivity index (χ4n) is 1.76. The summed E-state index contributed by atoms with van der Waals surface area (Å²) in [7, 11) is 0. The Balaban J connectivity index is 4.11. The minimum atomic E-state index is 0.0478. The summed E-state index contributed by atoms with van der Waals surface area (Å²) >= 11 is 12.1. The second-order valence-electron chi connectivity index (χ2n) is 5.03. The molecule has 0 amide bonds. The quantitative estimate of drug-likeness (QED) is 0.587. The van der Waals surface area contributed by atoms with Crippen molar-refractivity contribution < 1.29 is 4.74 Å². The molecular formula is C12H24Cl2O. The standard InChI is InChI=1S/C12H24Cl2O/c1-10(2)7-12(8-13,9-14)5-6-15-11(3)4/h10-11H,5-9H2,1-4H3. The van der Waals surface area contributed by atoms with Crippen LogP contribution >= 0.6 is 23.2 Å². The van der Waals surface area contributed by atoms with Crippen molar-refractivity contribution in [2.75, 3.05) is 18.4 Å². The Kier molecular flexibility index (Phi) is 8.03. The van der Waals surface area contributed by atoms with Crippen LogP contribution in [0.3, 0.4) is 0 Å². The van der Waals surface area contributed by atoms with Gasteiger partial charge in [-0.15, -0.1) is 23.2 Å². The third-order valence-electron chi connectivity index (χ3n) is 2.49. The smallest absolute Gasteiger partial charge is 0.0518 e. The second kappa shape index (κ2) is 7.76. The summed E-state index contributed by atoms with van der Waals surface area (Å²) in [4.78, 5) is 0. The Morgan fingerprint density at radius 2 is 1.60 bits per heavy atom. The van der Waals surface area contributed by atoms with Crippen molar-refractivity contribution in [1.82, 2.24) is 0 Å². The summed E-state index contributed by atoms with van der Waals surface area (Å²) in [6, 6.07) is 0. The van der Waals surface area contributed by atoms with Gasteiger partial charge in [-0.25, -0.2) is 0 Å². The average molecular weight is 255 g/mol. The number of rotatable bonds is 8. The van der Waals surface area contributed by atoms with Gasteiger partial charge in [0.05, 0.1) is 6.10 Å². The zero-order valence-corrected chi connectivity index (χ0v) is 11.9. The van der Waals surface area contributed by atoms with Crippen LogP contribution in [0.2, 0.25) is 0 Å². The fourth-order valence-corrected chi connectivity index (χ4v) is 2.53. The van der Waals surface area contributed by atoms with E-state index in [0.717, 1.165) is 19.4 Å². The minimum absolute atomic E-state index is 0.0478. The molecule has 0 fully saturated rings. The van der Waals surface area contributed by atoms with E-state index in [1.54, 1.807) is 0 Å². The van der Waals surface area contributed by atoms with E-state index in [4.69, 9.17) is 27.9 Å². The predicted octanol–water partition coefficient (Wildman–Crippen LogP) is 4.31. The van der Waals surface area contributed by atoms with Crippen molar-refractivity contribution in [1.29, 1.82) is 0 Å². The van der Waals surface area contributed by atoms with Crippen LogP contribution < -0.4 is 0 Å². The van der Waals surface area contributed by atoms with Crippen LogP contribution in [0.4, 0.5) is 0 Å². The van der Waals surface area contributed by atoms with E-state index in [1.165, 1.54) is 0 Å². The highest BCUT2D eigenvalue weighted by molar-refractivity contribution is 6.21. The molecule has 0 saturated heterocycles. The van der Waals surface area contributed by atoms with E-state index in [2.05, 4.69) is 13.8 Å². The molecule has 0 aromatic heterocycles. The largest absolute Gasteiger partial charge is 0.379 e. The lowest BCUT2D eigenvalue weighted by Gasteiger charge is -2.31. The highest BCUT2D eigenvalue weighted by Crippen LogP contribution is 2.33. The van der Waals surface area contributed by atoms with E-state index < -0.39 is 0 Å². The lowest BCUT2D eigenvalue weighted by molar-refractivity contribution is 0.0548. The molecule has 0 N–H and O–H groups in total. The number of ether oxygens (including phenoxy) is 1. The molecule has 0 heterocycles. The van der Waals surface area contributed by atoms with Gasteiger partial charge in [0.1, 0.15) is 0 Å². The molecule has 0 unspecified atom stereocenters. The highest BCUT2D eigenvalue weighted by atomic mass is 35.5. The Morgan fingerprint density at radius 3 is 1.93 bits per heavy atom. The first-order valence-electron chi connectivity index (χ1n) is 5.69. The lowest BCUT2D eigenvalue weighted by atomic mass is 9.81. The third-order valence-corrected chi connectivity index (χ3v) is 3.63. The van der Waals surface area contributed by atoms with Crippen molar-refractivity contribution in [2.45, 2.75) is 46.6 Å². The first kappa shape index (κ1) is 15.5. The molecule has 15 heavy (non-hydrogen) atoms. The number of halogens is 2. The van der Waals surface area contributed by atoms with Crippen LogP contribution in [0, 0.1) is 11.3 Å². The van der Waals surface area contributed by atoms with E-state index in [1.807, 2.05) is 13.8 Å². The fraction of sp³-hybridized carbons (Fsp3) is 1.00. The summed E-state index contributed by atoms with van der Waals surface area (Å²) in [5.41, 5.74) is 0.0478. The van der Waals surface area contributed by atoms with Crippen molar-refractivity contribution in [3.63, 3.8) is 0 Å². The molecule has 1 nitrogen and oxygen atoms in total. The summed E-state index contributed by atoms with van der Waals surface area (Å²) in [6.07, 6.45) is 2.31. The molecule has 0 bridgehead atoms. The third kappa shape index (κ3) is 6.65. The minimum Gasteiger partial charge on any atom is -0.379 e. The summed E-state index contributed by atoms with van der Waals surface area (Å²) in [6.45, 7) is 9.26. The first-order chi connectivity index (χ1) is 6.95. The van der Waals surface area contributed by atoms with E-state index in [9.17, 15) is 0 Å². The zero-order valence-electron chi connectivity index (χ0n) is 10.4. The molecule has 0 aliphatic rings. The molecule has 0 spiro atoms. The van der Waals surface area contributed by atoms with Crippen molar-refractivity contribution in [3.8, 4) is 0 Å². The molecule has 0 aliphatic heterocycles. The van der Waals surface area contributed by atoms with Crippen molar-refractivity contribution in [3.05, 3.63) is 0 Å². The van der Waals surface area contributed by atoms with E-state index in [0.29, 0.717) is 17.7 Å². The normalized spacial score (nSPS) is 12.8. The van der Waals surface area contributed by atoms with Gasteiger partial charge in [0.25, 0.3) is 0 Å². The SMILES string of the molecule is CC(C)CC(CCl)(CCl)CCOC(C)C. The van der Waals surface area contributed by atoms with Gasteiger partial charge < -0.3 is 4.74 Å². The van der Waals surface area contributed by atoms with Crippen LogP contribution in [0.25, 0.3) is 0 Å². The van der Waals surface area contributed by atoms with Gasteiger partial charge >= 0.3 is 0 Å².